The van der Waals surface area contributed by atoms with E-state index >= 15 is 0 Å². The number of aromatic nitrogens is 3. The summed E-state index contributed by atoms with van der Waals surface area (Å²) in [5, 5.41) is 9.25. The van der Waals surface area contributed by atoms with Crippen LogP contribution >= 0.6 is 35.0 Å². The van der Waals surface area contributed by atoms with E-state index in [1.807, 2.05) is 44.2 Å². The first kappa shape index (κ1) is 21.5. The largest absolute Gasteiger partial charge is 0.342 e. The summed E-state index contributed by atoms with van der Waals surface area (Å²) in [5.74, 6) is 6.66. The first-order chi connectivity index (χ1) is 14.0. The molecule has 0 saturated heterocycles. The van der Waals surface area contributed by atoms with Crippen molar-refractivity contribution in [3.8, 4) is 11.4 Å². The molecule has 3 aromatic rings. The highest BCUT2D eigenvalue weighted by atomic mass is 35.5. The second-order valence-electron chi connectivity index (χ2n) is 6.22. The van der Waals surface area contributed by atoms with Gasteiger partial charge in [0.05, 0.1) is 5.02 Å². The molecular weight excluding hydrogens is 429 g/mol. The third kappa shape index (κ3) is 4.69. The van der Waals surface area contributed by atoms with Gasteiger partial charge in [0.15, 0.2) is 5.82 Å². The lowest BCUT2D eigenvalue weighted by atomic mass is 10.1. The lowest BCUT2D eigenvalue weighted by Crippen LogP contribution is -2.34. The van der Waals surface area contributed by atoms with Crippen LogP contribution in [0.15, 0.2) is 53.7 Å². The normalized spacial score (nSPS) is 12.0. The molecule has 152 valence electrons. The number of amides is 1. The zero-order chi connectivity index (χ0) is 21.0. The van der Waals surface area contributed by atoms with Crippen LogP contribution < -0.4 is 5.84 Å². The number of carbonyl (C=O) groups is 1. The average Bonchev–Trinajstić information content (AvgIpc) is 3.07. The Labute approximate surface area is 184 Å². The van der Waals surface area contributed by atoms with Gasteiger partial charge in [0.1, 0.15) is 5.25 Å². The topological polar surface area (TPSA) is 77.0 Å². The van der Waals surface area contributed by atoms with Crippen LogP contribution in [-0.4, -0.2) is 38.8 Å². The molecule has 1 amide bonds. The van der Waals surface area contributed by atoms with Gasteiger partial charge in [-0.2, -0.15) is 0 Å². The molecule has 0 aliphatic carbocycles. The maximum atomic E-state index is 13.2. The predicted octanol–water partition coefficient (Wildman–Crippen LogP) is 4.67. The van der Waals surface area contributed by atoms with E-state index in [2.05, 4.69) is 10.2 Å². The van der Waals surface area contributed by atoms with Crippen LogP contribution in [0.4, 0.5) is 0 Å². The van der Waals surface area contributed by atoms with E-state index in [0.29, 0.717) is 39.7 Å². The monoisotopic (exact) mass is 449 g/mol. The SMILES string of the molecule is CCN(CC)C(=O)C(Sc1nnc(-c2ccc(Cl)cc2Cl)n1N)c1ccccc1. The summed E-state index contributed by atoms with van der Waals surface area (Å²) in [4.78, 5) is 15.0. The van der Waals surface area contributed by atoms with Crippen LogP contribution in [0, 0.1) is 0 Å². The lowest BCUT2D eigenvalue weighted by molar-refractivity contribution is -0.130. The number of rotatable bonds is 7. The number of nitrogens with zero attached hydrogens (tertiary/aromatic N) is 4. The van der Waals surface area contributed by atoms with Crippen molar-refractivity contribution >= 4 is 40.9 Å². The molecule has 3 rings (SSSR count). The molecule has 29 heavy (non-hydrogen) atoms. The number of hydrogen-bond donors (Lipinski definition) is 1. The van der Waals surface area contributed by atoms with Gasteiger partial charge in [-0.3, -0.25) is 4.79 Å². The number of nitrogens with two attached hydrogens (primary N) is 1. The summed E-state index contributed by atoms with van der Waals surface area (Å²) in [5.41, 5.74) is 1.49. The van der Waals surface area contributed by atoms with Gasteiger partial charge in [0.2, 0.25) is 11.1 Å². The summed E-state index contributed by atoms with van der Waals surface area (Å²) in [7, 11) is 0. The Hall–Kier alpha value is -2.22. The highest BCUT2D eigenvalue weighted by molar-refractivity contribution is 8.00. The standard InChI is InChI=1S/C20H21Cl2N5OS/c1-3-26(4-2)19(28)17(13-8-6-5-7-9-13)29-20-25-24-18(27(20)23)15-11-10-14(21)12-16(15)22/h5-12,17H,3-4,23H2,1-2H3. The Morgan fingerprint density at radius 3 is 2.45 bits per heavy atom. The summed E-state index contributed by atoms with van der Waals surface area (Å²) in [6.07, 6.45) is 0. The number of halogens is 2. The molecule has 0 aliphatic heterocycles. The van der Waals surface area contributed by atoms with E-state index in [4.69, 9.17) is 29.0 Å². The van der Waals surface area contributed by atoms with Crippen molar-refractivity contribution in [3.63, 3.8) is 0 Å². The zero-order valence-electron chi connectivity index (χ0n) is 16.0. The molecular formula is C20H21Cl2N5OS. The van der Waals surface area contributed by atoms with Gasteiger partial charge in [-0.1, -0.05) is 65.3 Å². The summed E-state index contributed by atoms with van der Waals surface area (Å²) < 4.78 is 1.35. The van der Waals surface area contributed by atoms with Crippen molar-refractivity contribution in [2.45, 2.75) is 24.3 Å². The Morgan fingerprint density at radius 1 is 1.14 bits per heavy atom. The van der Waals surface area contributed by atoms with Crippen molar-refractivity contribution in [2.24, 2.45) is 0 Å². The highest BCUT2D eigenvalue weighted by Gasteiger charge is 2.28. The maximum Gasteiger partial charge on any atom is 0.240 e. The van der Waals surface area contributed by atoms with Gasteiger partial charge >= 0.3 is 0 Å². The number of benzene rings is 2. The van der Waals surface area contributed by atoms with Gasteiger partial charge in [-0.05, 0) is 37.6 Å². The predicted molar refractivity (Wildman–Crippen MR) is 119 cm³/mol. The van der Waals surface area contributed by atoms with Crippen LogP contribution in [0.1, 0.15) is 24.7 Å². The van der Waals surface area contributed by atoms with E-state index in [-0.39, 0.29) is 5.91 Å². The molecule has 6 nitrogen and oxygen atoms in total. The smallest absolute Gasteiger partial charge is 0.240 e. The fourth-order valence-corrected chi connectivity index (χ4v) is 4.44. The molecule has 0 radical (unpaired) electrons. The van der Waals surface area contributed by atoms with Crippen molar-refractivity contribution in [3.05, 3.63) is 64.1 Å². The van der Waals surface area contributed by atoms with E-state index < -0.39 is 5.25 Å². The molecule has 1 aromatic heterocycles. The second-order valence-corrected chi connectivity index (χ2v) is 8.14. The van der Waals surface area contributed by atoms with Gasteiger partial charge in [0, 0.05) is 23.7 Å². The maximum absolute atomic E-state index is 13.2. The summed E-state index contributed by atoms with van der Waals surface area (Å²) in [6.45, 7) is 5.17. The Morgan fingerprint density at radius 2 is 1.83 bits per heavy atom. The van der Waals surface area contributed by atoms with Gasteiger partial charge < -0.3 is 10.7 Å². The van der Waals surface area contributed by atoms with E-state index in [1.165, 1.54) is 16.4 Å². The number of nitrogen functional groups attached to an aromatic ring is 1. The minimum absolute atomic E-state index is 0.000255. The molecule has 0 saturated carbocycles. The van der Waals surface area contributed by atoms with Crippen molar-refractivity contribution in [1.29, 1.82) is 0 Å². The molecule has 2 N–H and O–H groups in total. The number of thioether (sulfide) groups is 1. The first-order valence-corrected chi connectivity index (χ1v) is 10.8. The Bertz CT molecular complexity index is 992. The molecule has 0 fully saturated rings. The molecule has 0 bridgehead atoms. The molecule has 0 spiro atoms. The first-order valence-electron chi connectivity index (χ1n) is 9.12. The molecule has 1 unspecified atom stereocenters. The number of likely N-dealkylation sites (N-methyl/N-ethyl adjacent to an activating group) is 1. The minimum atomic E-state index is -0.490. The average molecular weight is 450 g/mol. The van der Waals surface area contributed by atoms with E-state index in [1.54, 1.807) is 23.1 Å². The van der Waals surface area contributed by atoms with Crippen LogP contribution in [0.5, 0.6) is 0 Å². The third-order valence-corrected chi connectivity index (χ3v) is 6.21. The van der Waals surface area contributed by atoms with Gasteiger partial charge in [0.25, 0.3) is 0 Å². The van der Waals surface area contributed by atoms with Crippen LogP contribution in [-0.2, 0) is 4.79 Å². The molecule has 9 heteroatoms. The number of carbonyl (C=O) groups excluding carboxylic acids is 1. The number of hydrogen-bond acceptors (Lipinski definition) is 5. The van der Waals surface area contributed by atoms with E-state index in [9.17, 15) is 4.79 Å². The van der Waals surface area contributed by atoms with Crippen molar-refractivity contribution in [2.75, 3.05) is 18.9 Å². The van der Waals surface area contributed by atoms with Crippen LogP contribution in [0.3, 0.4) is 0 Å². The third-order valence-electron chi connectivity index (χ3n) is 4.46. The zero-order valence-corrected chi connectivity index (χ0v) is 18.4. The van der Waals surface area contributed by atoms with Crippen molar-refractivity contribution < 1.29 is 4.79 Å². The van der Waals surface area contributed by atoms with Crippen molar-refractivity contribution in [1.82, 2.24) is 19.8 Å². The van der Waals surface area contributed by atoms with Gasteiger partial charge in [-0.25, -0.2) is 4.68 Å². The second kappa shape index (κ2) is 9.52. The van der Waals surface area contributed by atoms with Crippen LogP contribution in [0.2, 0.25) is 10.0 Å². The van der Waals surface area contributed by atoms with E-state index in [0.717, 1.165) is 5.56 Å². The minimum Gasteiger partial charge on any atom is -0.342 e. The summed E-state index contributed by atoms with van der Waals surface area (Å²) >= 11 is 13.5. The molecule has 2 aromatic carbocycles. The summed E-state index contributed by atoms with van der Waals surface area (Å²) in [6, 6.07) is 14.6. The fraction of sp³-hybridized carbons (Fsp3) is 0.250. The fourth-order valence-electron chi connectivity index (χ4n) is 2.91. The molecule has 0 aliphatic rings. The molecule has 1 heterocycles. The quantitative estimate of drug-likeness (QED) is 0.418. The highest BCUT2D eigenvalue weighted by Crippen LogP contribution is 2.37. The molecule has 1 atom stereocenters. The Kier molecular flexibility index (Phi) is 7.05. The van der Waals surface area contributed by atoms with Crippen LogP contribution in [0.25, 0.3) is 11.4 Å². The lowest BCUT2D eigenvalue weighted by Gasteiger charge is -2.24. The van der Waals surface area contributed by atoms with Gasteiger partial charge in [-0.15, -0.1) is 10.2 Å². The Balaban J connectivity index is 1.96.